The van der Waals surface area contributed by atoms with Gasteiger partial charge < -0.3 is 15.7 Å². The zero-order valence-electron chi connectivity index (χ0n) is 14.0. The Labute approximate surface area is 156 Å². The van der Waals surface area contributed by atoms with Crippen LogP contribution in [0.3, 0.4) is 0 Å². The van der Waals surface area contributed by atoms with Crippen LogP contribution >= 0.6 is 23.4 Å². The third-order valence-electron chi connectivity index (χ3n) is 4.24. The molecule has 1 aromatic carbocycles. The summed E-state index contributed by atoms with van der Waals surface area (Å²) >= 11 is 7.57. The van der Waals surface area contributed by atoms with Gasteiger partial charge in [-0.1, -0.05) is 17.7 Å². The Morgan fingerprint density at radius 2 is 2.16 bits per heavy atom. The molecule has 1 aliphatic rings. The molecule has 1 aliphatic heterocycles. The van der Waals surface area contributed by atoms with Crippen molar-refractivity contribution in [3.05, 3.63) is 53.2 Å². The van der Waals surface area contributed by atoms with Crippen LogP contribution in [-0.2, 0) is 9.54 Å². The number of aliphatic hydroxyl groups excluding tert-OH is 1. The molecule has 0 saturated heterocycles. The quantitative estimate of drug-likeness (QED) is 0.746. The third-order valence-corrected chi connectivity index (χ3v) is 5.88. The second-order valence-corrected chi connectivity index (χ2v) is 8.19. The average molecular weight is 378 g/mol. The van der Waals surface area contributed by atoms with E-state index in [1.165, 1.54) is 0 Å². The minimum atomic E-state index is -0.545. The maximum absolute atomic E-state index is 12.8. The number of aromatic nitrogens is 1. The molecule has 5 nitrogen and oxygen atoms in total. The molecule has 2 heterocycles. The molecule has 3 atom stereocenters. The number of rotatable bonds is 5. The lowest BCUT2D eigenvalue weighted by Crippen LogP contribution is -2.50. The zero-order valence-corrected chi connectivity index (χ0v) is 15.6. The van der Waals surface area contributed by atoms with Crippen LogP contribution in [0, 0.1) is 0 Å². The van der Waals surface area contributed by atoms with E-state index in [1.807, 2.05) is 43.3 Å². The number of benzene rings is 1. The van der Waals surface area contributed by atoms with E-state index >= 15 is 0 Å². The molecule has 3 rings (SSSR count). The standard InChI is InChI=1S/C18H20ClN3O2S/c1-11(10-23)21-17(24)15-18(2,14-4-3-9-20-16(14)22-15)25-13-7-5-12(19)6-8-13/h3-9,11,15,23H,10H2,1-2H3,(H,20,22)(H,21,24)/t11-,15?,18?/m1/s1. The highest BCUT2D eigenvalue weighted by Gasteiger charge is 2.48. The van der Waals surface area contributed by atoms with E-state index in [-0.39, 0.29) is 18.6 Å². The molecule has 1 amide bonds. The van der Waals surface area contributed by atoms with Crippen LogP contribution in [0.25, 0.3) is 0 Å². The topological polar surface area (TPSA) is 74.2 Å². The van der Waals surface area contributed by atoms with Crippen LogP contribution in [0.1, 0.15) is 19.4 Å². The first-order valence-electron chi connectivity index (χ1n) is 8.02. The number of thioether (sulfide) groups is 1. The van der Waals surface area contributed by atoms with Gasteiger partial charge in [-0.3, -0.25) is 4.79 Å². The number of anilines is 1. The van der Waals surface area contributed by atoms with Crippen molar-refractivity contribution in [2.45, 2.75) is 35.6 Å². The van der Waals surface area contributed by atoms with E-state index in [0.29, 0.717) is 10.8 Å². The summed E-state index contributed by atoms with van der Waals surface area (Å²) in [5.41, 5.74) is 0.978. The molecule has 0 fully saturated rings. The van der Waals surface area contributed by atoms with Crippen LogP contribution in [0.15, 0.2) is 47.5 Å². The van der Waals surface area contributed by atoms with Crippen molar-refractivity contribution in [1.82, 2.24) is 10.3 Å². The predicted molar refractivity (Wildman–Crippen MR) is 101 cm³/mol. The van der Waals surface area contributed by atoms with Gasteiger partial charge in [-0.25, -0.2) is 4.98 Å². The molecule has 0 bridgehead atoms. The molecular formula is C18H20ClN3O2S. The largest absolute Gasteiger partial charge is 0.394 e. The summed E-state index contributed by atoms with van der Waals surface area (Å²) in [6.45, 7) is 3.69. The van der Waals surface area contributed by atoms with Gasteiger partial charge in [0, 0.05) is 27.7 Å². The number of fused-ring (bicyclic) bond motifs is 1. The molecule has 1 aromatic heterocycles. The van der Waals surface area contributed by atoms with Crippen LogP contribution in [-0.4, -0.2) is 34.7 Å². The molecule has 2 aromatic rings. The van der Waals surface area contributed by atoms with Gasteiger partial charge in [0.15, 0.2) is 0 Å². The van der Waals surface area contributed by atoms with E-state index in [1.54, 1.807) is 24.9 Å². The van der Waals surface area contributed by atoms with Gasteiger partial charge in [-0.15, -0.1) is 11.8 Å². The molecular weight excluding hydrogens is 358 g/mol. The van der Waals surface area contributed by atoms with Gasteiger partial charge in [-0.2, -0.15) is 0 Å². The van der Waals surface area contributed by atoms with E-state index in [4.69, 9.17) is 11.6 Å². The smallest absolute Gasteiger partial charge is 0.244 e. The van der Waals surface area contributed by atoms with Gasteiger partial charge in [-0.05, 0) is 44.2 Å². The lowest BCUT2D eigenvalue weighted by atomic mass is 9.96. The van der Waals surface area contributed by atoms with Crippen molar-refractivity contribution in [1.29, 1.82) is 0 Å². The normalized spacial score (nSPS) is 22.8. The molecule has 0 spiro atoms. The van der Waals surface area contributed by atoms with Crippen molar-refractivity contribution < 1.29 is 9.90 Å². The maximum atomic E-state index is 12.8. The van der Waals surface area contributed by atoms with Crippen molar-refractivity contribution in [3.63, 3.8) is 0 Å². The van der Waals surface area contributed by atoms with Crippen molar-refractivity contribution >= 4 is 35.1 Å². The lowest BCUT2D eigenvalue weighted by Gasteiger charge is -2.31. The Morgan fingerprint density at radius 1 is 1.44 bits per heavy atom. The lowest BCUT2D eigenvalue weighted by molar-refractivity contribution is -0.123. The van der Waals surface area contributed by atoms with Gasteiger partial charge >= 0.3 is 0 Å². The fourth-order valence-electron chi connectivity index (χ4n) is 2.90. The molecule has 132 valence electrons. The Morgan fingerprint density at radius 3 is 2.84 bits per heavy atom. The van der Waals surface area contributed by atoms with Gasteiger partial charge in [0.05, 0.1) is 11.4 Å². The summed E-state index contributed by atoms with van der Waals surface area (Å²) in [4.78, 5) is 18.2. The summed E-state index contributed by atoms with van der Waals surface area (Å²) in [5.74, 6) is 0.548. The number of hydrogen-bond donors (Lipinski definition) is 3. The molecule has 0 radical (unpaired) electrons. The molecule has 25 heavy (non-hydrogen) atoms. The second-order valence-electron chi connectivity index (χ2n) is 6.23. The Balaban J connectivity index is 1.94. The Hall–Kier alpha value is -1.76. The molecule has 0 aliphatic carbocycles. The predicted octanol–water partition coefficient (Wildman–Crippen LogP) is 3.03. The molecule has 7 heteroatoms. The fraction of sp³-hybridized carbons (Fsp3) is 0.333. The van der Waals surface area contributed by atoms with Crippen molar-refractivity contribution in [3.8, 4) is 0 Å². The third kappa shape index (κ3) is 3.61. The first kappa shape index (κ1) is 18.0. The number of carbonyl (C=O) groups excluding carboxylic acids is 1. The Bertz CT molecular complexity index is 771. The summed E-state index contributed by atoms with van der Waals surface area (Å²) < 4.78 is -0.545. The van der Waals surface area contributed by atoms with Crippen molar-refractivity contribution in [2.75, 3.05) is 11.9 Å². The van der Waals surface area contributed by atoms with Gasteiger partial charge in [0.1, 0.15) is 11.9 Å². The SMILES string of the molecule is C[C@H](CO)NC(=O)C1Nc2ncccc2C1(C)Sc1ccc(Cl)cc1. The first-order valence-corrected chi connectivity index (χ1v) is 9.21. The summed E-state index contributed by atoms with van der Waals surface area (Å²) in [5, 5.41) is 16.0. The van der Waals surface area contributed by atoms with E-state index < -0.39 is 10.8 Å². The van der Waals surface area contributed by atoms with Crippen molar-refractivity contribution in [2.24, 2.45) is 0 Å². The average Bonchev–Trinajstić information content (AvgIpc) is 2.90. The molecule has 2 unspecified atom stereocenters. The number of nitrogens with zero attached hydrogens (tertiary/aromatic N) is 1. The number of nitrogens with one attached hydrogen (secondary N) is 2. The maximum Gasteiger partial charge on any atom is 0.244 e. The highest BCUT2D eigenvalue weighted by molar-refractivity contribution is 8.00. The van der Waals surface area contributed by atoms with Crippen LogP contribution < -0.4 is 10.6 Å². The zero-order chi connectivity index (χ0) is 18.0. The first-order chi connectivity index (χ1) is 11.9. The van der Waals surface area contributed by atoms with Gasteiger partial charge in [0.2, 0.25) is 5.91 Å². The summed E-state index contributed by atoms with van der Waals surface area (Å²) in [6, 6.07) is 10.6. The van der Waals surface area contributed by atoms with E-state index in [2.05, 4.69) is 15.6 Å². The minimum Gasteiger partial charge on any atom is -0.394 e. The number of pyridine rings is 1. The second kappa shape index (κ2) is 7.23. The molecule has 0 saturated carbocycles. The van der Waals surface area contributed by atoms with Crippen LogP contribution in [0.5, 0.6) is 0 Å². The summed E-state index contributed by atoms with van der Waals surface area (Å²) in [7, 11) is 0. The summed E-state index contributed by atoms with van der Waals surface area (Å²) in [6.07, 6.45) is 1.70. The minimum absolute atomic E-state index is 0.106. The highest BCUT2D eigenvalue weighted by Crippen LogP contribution is 2.50. The fourth-order valence-corrected chi connectivity index (χ4v) is 4.35. The number of carbonyl (C=O) groups is 1. The highest BCUT2D eigenvalue weighted by atomic mass is 35.5. The number of halogens is 1. The Kier molecular flexibility index (Phi) is 5.22. The van der Waals surface area contributed by atoms with Gasteiger partial charge in [0.25, 0.3) is 0 Å². The van der Waals surface area contributed by atoms with E-state index in [0.717, 1.165) is 10.5 Å². The van der Waals surface area contributed by atoms with Crippen LogP contribution in [0.4, 0.5) is 5.82 Å². The van der Waals surface area contributed by atoms with E-state index in [9.17, 15) is 9.90 Å². The number of aliphatic hydroxyl groups is 1. The van der Waals surface area contributed by atoms with Crippen LogP contribution in [0.2, 0.25) is 5.02 Å². The number of amides is 1. The monoisotopic (exact) mass is 377 g/mol. The number of hydrogen-bond acceptors (Lipinski definition) is 5. The molecule has 3 N–H and O–H groups in total.